The first-order valence-electron chi connectivity index (χ1n) is 11.7. The van der Waals surface area contributed by atoms with Gasteiger partial charge in [-0.3, -0.25) is 14.5 Å². The number of anilines is 2. The van der Waals surface area contributed by atoms with Gasteiger partial charge >= 0.3 is 0 Å². The van der Waals surface area contributed by atoms with Crippen molar-refractivity contribution in [1.29, 1.82) is 0 Å². The van der Waals surface area contributed by atoms with Gasteiger partial charge in [0.15, 0.2) is 0 Å². The SMILES string of the molecule is C[C@@H](CNC(=O)CN1C(=O)[C@@H]2CCCCN2c2ccc(S(=O)(=O)N(C)C)cc21)c1ccccc1. The van der Waals surface area contributed by atoms with Crippen molar-refractivity contribution in [3.8, 4) is 0 Å². The lowest BCUT2D eigenvalue weighted by molar-refractivity contribution is -0.125. The summed E-state index contributed by atoms with van der Waals surface area (Å²) in [4.78, 5) is 30.0. The van der Waals surface area contributed by atoms with Crippen LogP contribution < -0.4 is 15.1 Å². The van der Waals surface area contributed by atoms with Gasteiger partial charge in [-0.05, 0) is 48.9 Å². The minimum absolute atomic E-state index is 0.0996. The maximum atomic E-state index is 13.5. The van der Waals surface area contributed by atoms with Crippen LogP contribution in [0.4, 0.5) is 11.4 Å². The van der Waals surface area contributed by atoms with E-state index in [0.717, 1.165) is 41.4 Å². The maximum absolute atomic E-state index is 13.5. The minimum Gasteiger partial charge on any atom is -0.358 e. The fourth-order valence-electron chi connectivity index (χ4n) is 4.64. The van der Waals surface area contributed by atoms with E-state index in [1.807, 2.05) is 37.3 Å². The molecule has 2 atom stereocenters. The second kappa shape index (κ2) is 9.76. The Balaban J connectivity index is 1.59. The van der Waals surface area contributed by atoms with Gasteiger partial charge in [0.05, 0.1) is 16.3 Å². The van der Waals surface area contributed by atoms with Gasteiger partial charge in [0.1, 0.15) is 12.6 Å². The average Bonchev–Trinajstić information content (AvgIpc) is 2.85. The lowest BCUT2D eigenvalue weighted by Crippen LogP contribution is -2.57. The summed E-state index contributed by atoms with van der Waals surface area (Å²) in [5, 5.41) is 2.94. The highest BCUT2D eigenvalue weighted by molar-refractivity contribution is 7.89. The third kappa shape index (κ3) is 4.67. The van der Waals surface area contributed by atoms with Crippen molar-refractivity contribution >= 4 is 33.2 Å². The molecule has 1 fully saturated rings. The number of rotatable bonds is 7. The number of nitrogens with one attached hydrogen (secondary N) is 1. The van der Waals surface area contributed by atoms with Crippen LogP contribution in [0.5, 0.6) is 0 Å². The van der Waals surface area contributed by atoms with E-state index in [9.17, 15) is 18.0 Å². The minimum atomic E-state index is -3.68. The Bertz CT molecular complexity index is 1170. The predicted octanol–water partition coefficient (Wildman–Crippen LogP) is 2.56. The fraction of sp³-hybridized carbons (Fsp3) is 0.440. The summed E-state index contributed by atoms with van der Waals surface area (Å²) in [5.41, 5.74) is 2.39. The smallest absolute Gasteiger partial charge is 0.250 e. The summed E-state index contributed by atoms with van der Waals surface area (Å²) < 4.78 is 26.6. The third-order valence-corrected chi connectivity index (χ3v) is 8.47. The largest absolute Gasteiger partial charge is 0.358 e. The Morgan fingerprint density at radius 3 is 2.56 bits per heavy atom. The first-order chi connectivity index (χ1) is 16.2. The number of amides is 2. The van der Waals surface area contributed by atoms with Crippen LogP contribution in [-0.2, 0) is 19.6 Å². The molecule has 0 spiro atoms. The molecule has 4 rings (SSSR count). The van der Waals surface area contributed by atoms with Gasteiger partial charge in [-0.15, -0.1) is 0 Å². The first-order valence-corrected chi connectivity index (χ1v) is 13.1. The van der Waals surface area contributed by atoms with E-state index in [2.05, 4.69) is 10.2 Å². The number of hydrogen-bond donors (Lipinski definition) is 1. The van der Waals surface area contributed by atoms with Crippen molar-refractivity contribution in [2.24, 2.45) is 0 Å². The molecular weight excluding hydrogens is 452 g/mol. The molecule has 1 saturated heterocycles. The number of carbonyl (C=O) groups excluding carboxylic acids is 2. The van der Waals surface area contributed by atoms with Crippen LogP contribution in [0.15, 0.2) is 53.4 Å². The Labute approximate surface area is 201 Å². The summed E-state index contributed by atoms with van der Waals surface area (Å²) in [6, 6.07) is 14.5. The molecule has 9 heteroatoms. The van der Waals surface area contributed by atoms with Crippen LogP contribution in [0.25, 0.3) is 0 Å². The molecule has 34 heavy (non-hydrogen) atoms. The number of fused-ring (bicyclic) bond motifs is 3. The van der Waals surface area contributed by atoms with Gasteiger partial charge in [0.2, 0.25) is 21.8 Å². The van der Waals surface area contributed by atoms with Gasteiger partial charge < -0.3 is 10.2 Å². The lowest BCUT2D eigenvalue weighted by Gasteiger charge is -2.45. The number of benzene rings is 2. The molecule has 1 N–H and O–H groups in total. The molecule has 2 amide bonds. The van der Waals surface area contributed by atoms with Crippen molar-refractivity contribution in [2.75, 3.05) is 43.5 Å². The molecule has 2 aliphatic heterocycles. The number of hydrogen-bond acceptors (Lipinski definition) is 5. The van der Waals surface area contributed by atoms with Crippen molar-refractivity contribution in [2.45, 2.75) is 43.0 Å². The Hall–Kier alpha value is -2.91. The second-order valence-corrected chi connectivity index (χ2v) is 11.3. The zero-order chi connectivity index (χ0) is 24.5. The van der Waals surface area contributed by atoms with Gasteiger partial charge in [0.25, 0.3) is 0 Å². The molecule has 0 saturated carbocycles. The molecule has 0 bridgehead atoms. The molecule has 0 radical (unpaired) electrons. The van der Waals surface area contributed by atoms with Crippen LogP contribution in [0.2, 0.25) is 0 Å². The van der Waals surface area contributed by atoms with Gasteiger partial charge in [-0.1, -0.05) is 37.3 Å². The average molecular weight is 485 g/mol. The van der Waals surface area contributed by atoms with Crippen molar-refractivity contribution < 1.29 is 18.0 Å². The van der Waals surface area contributed by atoms with Gasteiger partial charge in [-0.2, -0.15) is 0 Å². The van der Waals surface area contributed by atoms with Crippen molar-refractivity contribution in [1.82, 2.24) is 9.62 Å². The Kier molecular flexibility index (Phi) is 6.95. The Morgan fingerprint density at radius 1 is 1.12 bits per heavy atom. The number of nitrogens with zero attached hydrogens (tertiary/aromatic N) is 3. The molecule has 2 aromatic rings. The molecule has 0 aromatic heterocycles. The molecule has 0 aliphatic carbocycles. The predicted molar refractivity (Wildman–Crippen MR) is 133 cm³/mol. The van der Waals surface area contributed by atoms with Crippen molar-refractivity contribution in [3.05, 3.63) is 54.1 Å². The van der Waals surface area contributed by atoms with E-state index in [0.29, 0.717) is 12.2 Å². The van der Waals surface area contributed by atoms with E-state index in [1.54, 1.807) is 12.1 Å². The van der Waals surface area contributed by atoms with Crippen LogP contribution >= 0.6 is 0 Å². The molecular formula is C25H32N4O4S. The normalized spacial score (nSPS) is 18.9. The summed E-state index contributed by atoms with van der Waals surface area (Å²) in [6.45, 7) is 3.07. The monoisotopic (exact) mass is 484 g/mol. The van der Waals surface area contributed by atoms with E-state index in [-0.39, 0.29) is 35.2 Å². The first kappa shape index (κ1) is 24.2. The zero-order valence-electron chi connectivity index (χ0n) is 19.9. The van der Waals surface area contributed by atoms with E-state index < -0.39 is 10.0 Å². The topological polar surface area (TPSA) is 90.0 Å². The zero-order valence-corrected chi connectivity index (χ0v) is 20.7. The van der Waals surface area contributed by atoms with Crippen LogP contribution in [0, 0.1) is 0 Å². The summed E-state index contributed by atoms with van der Waals surface area (Å²) in [7, 11) is -0.741. The number of carbonyl (C=O) groups is 2. The Morgan fingerprint density at radius 2 is 1.85 bits per heavy atom. The number of piperidine rings is 1. The molecule has 8 nitrogen and oxygen atoms in total. The third-order valence-electron chi connectivity index (χ3n) is 6.66. The summed E-state index contributed by atoms with van der Waals surface area (Å²) >= 11 is 0. The number of sulfonamides is 1. The van der Waals surface area contributed by atoms with E-state index in [4.69, 9.17) is 0 Å². The van der Waals surface area contributed by atoms with Crippen LogP contribution in [-0.4, -0.2) is 64.3 Å². The van der Waals surface area contributed by atoms with Crippen LogP contribution in [0.3, 0.4) is 0 Å². The lowest BCUT2D eigenvalue weighted by atomic mass is 9.96. The highest BCUT2D eigenvalue weighted by Crippen LogP contribution is 2.40. The molecule has 2 aliphatic rings. The fourth-order valence-corrected chi connectivity index (χ4v) is 5.56. The van der Waals surface area contributed by atoms with Crippen LogP contribution in [0.1, 0.15) is 37.7 Å². The summed E-state index contributed by atoms with van der Waals surface area (Å²) in [6.07, 6.45) is 2.64. The van der Waals surface area contributed by atoms with E-state index >= 15 is 0 Å². The van der Waals surface area contributed by atoms with Gasteiger partial charge in [-0.25, -0.2) is 12.7 Å². The van der Waals surface area contributed by atoms with E-state index in [1.165, 1.54) is 25.1 Å². The quantitative estimate of drug-likeness (QED) is 0.652. The second-order valence-electron chi connectivity index (χ2n) is 9.18. The maximum Gasteiger partial charge on any atom is 0.250 e. The molecule has 182 valence electrons. The molecule has 2 aromatic carbocycles. The molecule has 2 heterocycles. The molecule has 0 unspecified atom stereocenters. The highest BCUT2D eigenvalue weighted by Gasteiger charge is 2.40. The van der Waals surface area contributed by atoms with Crippen molar-refractivity contribution in [3.63, 3.8) is 0 Å². The highest BCUT2D eigenvalue weighted by atomic mass is 32.2. The standard InChI is InChI=1S/C25H32N4O4S/c1-18(19-9-5-4-6-10-19)16-26-24(30)17-29-23-15-20(34(32,33)27(2)3)12-13-21(23)28-14-8-7-11-22(28)25(29)31/h4-6,9-10,12-13,15,18,22H,7-8,11,14,16-17H2,1-3H3,(H,26,30)/t18-,22-/m0/s1. The van der Waals surface area contributed by atoms with Gasteiger partial charge in [0, 0.05) is 27.2 Å². The summed E-state index contributed by atoms with van der Waals surface area (Å²) in [5.74, 6) is -0.301.